The molecule has 2 aromatic carbocycles. The van der Waals surface area contributed by atoms with Gasteiger partial charge in [-0.3, -0.25) is 0 Å². The summed E-state index contributed by atoms with van der Waals surface area (Å²) in [7, 11) is 0. The number of hydrogen-bond donors (Lipinski definition) is 2. The first-order chi connectivity index (χ1) is 11.9. The largest absolute Gasteiger partial charge is 0.369 e. The van der Waals surface area contributed by atoms with Gasteiger partial charge in [-0.2, -0.15) is 4.98 Å². The quantitative estimate of drug-likeness (QED) is 0.600. The highest BCUT2D eigenvalue weighted by molar-refractivity contribution is 5.90. The first-order valence-electron chi connectivity index (χ1n) is 8.65. The summed E-state index contributed by atoms with van der Waals surface area (Å²) in [5, 5.41) is 7.86. The van der Waals surface area contributed by atoms with E-state index >= 15 is 0 Å². The van der Waals surface area contributed by atoms with E-state index in [1.54, 1.807) is 0 Å². The lowest BCUT2D eigenvalue weighted by molar-refractivity contribution is 0.827. The Morgan fingerprint density at radius 3 is 2.46 bits per heavy atom. The maximum Gasteiger partial charge on any atom is 0.225 e. The van der Waals surface area contributed by atoms with E-state index in [0.29, 0.717) is 5.95 Å². The number of aromatic nitrogens is 2. The number of anilines is 2. The van der Waals surface area contributed by atoms with Crippen LogP contribution in [-0.2, 0) is 6.42 Å². The maximum atomic E-state index is 4.67. The highest BCUT2D eigenvalue weighted by atomic mass is 15.1. The molecule has 0 amide bonds. The Hall–Kier alpha value is -2.62. The highest BCUT2D eigenvalue weighted by Crippen LogP contribution is 2.21. The average molecular weight is 320 g/mol. The fourth-order valence-corrected chi connectivity index (χ4v) is 2.64. The van der Waals surface area contributed by atoms with Gasteiger partial charge in [-0.1, -0.05) is 55.8 Å². The average Bonchev–Trinajstić information content (AvgIpc) is 2.63. The number of rotatable bonds is 8. The highest BCUT2D eigenvalue weighted by Gasteiger charge is 2.07. The third-order valence-corrected chi connectivity index (χ3v) is 3.97. The second kappa shape index (κ2) is 8.29. The molecule has 0 unspecified atom stereocenters. The summed E-state index contributed by atoms with van der Waals surface area (Å²) in [5.41, 5.74) is 2.29. The van der Waals surface area contributed by atoms with Crippen LogP contribution in [0.4, 0.5) is 11.8 Å². The molecule has 1 aromatic heterocycles. The monoisotopic (exact) mass is 320 g/mol. The molecule has 0 fully saturated rings. The first kappa shape index (κ1) is 16.2. The number of unbranched alkanes of at least 4 members (excludes halogenated alkanes) is 1. The van der Waals surface area contributed by atoms with Gasteiger partial charge in [0.1, 0.15) is 5.82 Å². The van der Waals surface area contributed by atoms with Crippen molar-refractivity contribution in [2.75, 3.05) is 23.7 Å². The van der Waals surface area contributed by atoms with Crippen LogP contribution in [0.1, 0.15) is 25.3 Å². The predicted molar refractivity (Wildman–Crippen MR) is 102 cm³/mol. The van der Waals surface area contributed by atoms with Gasteiger partial charge in [-0.25, -0.2) is 4.98 Å². The van der Waals surface area contributed by atoms with Gasteiger partial charge in [-0.15, -0.1) is 0 Å². The summed E-state index contributed by atoms with van der Waals surface area (Å²) in [6.45, 7) is 3.93. The molecule has 0 aliphatic rings. The molecule has 4 heteroatoms. The molecule has 0 bridgehead atoms. The van der Waals surface area contributed by atoms with E-state index in [2.05, 4.69) is 57.9 Å². The standard InChI is InChI=1S/C20H24N4/c1-2-3-14-22-20-23-18-12-8-7-11-17(18)19(24-20)21-15-13-16-9-5-4-6-10-16/h4-12H,2-3,13-15H2,1H3,(H2,21,22,23,24). The second-order valence-corrected chi connectivity index (χ2v) is 5.86. The minimum atomic E-state index is 0.698. The molecule has 0 saturated heterocycles. The van der Waals surface area contributed by atoms with Crippen molar-refractivity contribution in [3.05, 3.63) is 60.2 Å². The minimum absolute atomic E-state index is 0.698. The van der Waals surface area contributed by atoms with Gasteiger partial charge in [0.05, 0.1) is 5.52 Å². The van der Waals surface area contributed by atoms with E-state index in [1.165, 1.54) is 5.56 Å². The predicted octanol–water partition coefficient (Wildman–Crippen LogP) is 4.50. The van der Waals surface area contributed by atoms with Crippen LogP contribution in [0.5, 0.6) is 0 Å². The van der Waals surface area contributed by atoms with Crippen LogP contribution in [0, 0.1) is 0 Å². The summed E-state index contributed by atoms with van der Waals surface area (Å²) < 4.78 is 0. The van der Waals surface area contributed by atoms with Crippen molar-refractivity contribution in [1.82, 2.24) is 9.97 Å². The zero-order valence-corrected chi connectivity index (χ0v) is 14.1. The Kier molecular flexibility index (Phi) is 5.61. The van der Waals surface area contributed by atoms with Crippen LogP contribution in [-0.4, -0.2) is 23.1 Å². The molecule has 3 aromatic rings. The van der Waals surface area contributed by atoms with Crippen molar-refractivity contribution in [1.29, 1.82) is 0 Å². The Balaban J connectivity index is 1.74. The van der Waals surface area contributed by atoms with Gasteiger partial charge in [-0.05, 0) is 30.5 Å². The number of benzene rings is 2. The molecular formula is C20H24N4. The molecule has 1 heterocycles. The van der Waals surface area contributed by atoms with E-state index < -0.39 is 0 Å². The van der Waals surface area contributed by atoms with Crippen LogP contribution < -0.4 is 10.6 Å². The molecule has 0 radical (unpaired) electrons. The Bertz CT molecular complexity index is 771. The fourth-order valence-electron chi connectivity index (χ4n) is 2.64. The van der Waals surface area contributed by atoms with Crippen LogP contribution in [0.25, 0.3) is 10.9 Å². The number of para-hydroxylation sites is 1. The SMILES string of the molecule is CCCCNc1nc(NCCc2ccccc2)c2ccccc2n1. The van der Waals surface area contributed by atoms with E-state index in [4.69, 9.17) is 0 Å². The number of hydrogen-bond acceptors (Lipinski definition) is 4. The Morgan fingerprint density at radius 2 is 1.62 bits per heavy atom. The minimum Gasteiger partial charge on any atom is -0.369 e. The van der Waals surface area contributed by atoms with Crippen LogP contribution in [0.3, 0.4) is 0 Å². The van der Waals surface area contributed by atoms with Crippen LogP contribution in [0.2, 0.25) is 0 Å². The van der Waals surface area contributed by atoms with E-state index in [0.717, 1.165) is 49.1 Å². The summed E-state index contributed by atoms with van der Waals surface area (Å²) in [6.07, 6.45) is 3.24. The molecule has 3 rings (SSSR count). The smallest absolute Gasteiger partial charge is 0.225 e. The second-order valence-electron chi connectivity index (χ2n) is 5.86. The zero-order valence-electron chi connectivity index (χ0n) is 14.1. The molecule has 0 aliphatic heterocycles. The lowest BCUT2D eigenvalue weighted by Crippen LogP contribution is -2.10. The van der Waals surface area contributed by atoms with Crippen molar-refractivity contribution in [3.63, 3.8) is 0 Å². The van der Waals surface area contributed by atoms with Gasteiger partial charge in [0.15, 0.2) is 0 Å². The molecule has 24 heavy (non-hydrogen) atoms. The number of fused-ring (bicyclic) bond motifs is 1. The molecule has 4 nitrogen and oxygen atoms in total. The Morgan fingerprint density at radius 1 is 0.833 bits per heavy atom. The molecule has 0 spiro atoms. The van der Waals surface area contributed by atoms with Gasteiger partial charge in [0.25, 0.3) is 0 Å². The van der Waals surface area contributed by atoms with Crippen molar-refractivity contribution in [3.8, 4) is 0 Å². The molecular weight excluding hydrogens is 296 g/mol. The van der Waals surface area contributed by atoms with Crippen molar-refractivity contribution in [2.24, 2.45) is 0 Å². The van der Waals surface area contributed by atoms with E-state index in [1.807, 2.05) is 24.3 Å². The Labute approximate surface area is 143 Å². The van der Waals surface area contributed by atoms with Crippen LogP contribution >= 0.6 is 0 Å². The van der Waals surface area contributed by atoms with Crippen LogP contribution in [0.15, 0.2) is 54.6 Å². The third kappa shape index (κ3) is 4.22. The summed E-state index contributed by atoms with van der Waals surface area (Å²) in [4.78, 5) is 9.28. The fraction of sp³-hybridized carbons (Fsp3) is 0.300. The number of nitrogens with one attached hydrogen (secondary N) is 2. The van der Waals surface area contributed by atoms with Crippen molar-refractivity contribution >= 4 is 22.7 Å². The molecule has 0 atom stereocenters. The zero-order chi connectivity index (χ0) is 16.6. The number of nitrogens with zero attached hydrogens (tertiary/aromatic N) is 2. The summed E-state index contributed by atoms with van der Waals surface area (Å²) >= 11 is 0. The van der Waals surface area contributed by atoms with Gasteiger partial charge < -0.3 is 10.6 Å². The molecule has 124 valence electrons. The summed E-state index contributed by atoms with van der Waals surface area (Å²) in [6, 6.07) is 18.6. The summed E-state index contributed by atoms with van der Waals surface area (Å²) in [5.74, 6) is 1.60. The third-order valence-electron chi connectivity index (χ3n) is 3.97. The van der Waals surface area contributed by atoms with Gasteiger partial charge >= 0.3 is 0 Å². The molecule has 0 aliphatic carbocycles. The normalized spacial score (nSPS) is 10.7. The van der Waals surface area contributed by atoms with E-state index in [-0.39, 0.29) is 0 Å². The topological polar surface area (TPSA) is 49.8 Å². The van der Waals surface area contributed by atoms with Crippen molar-refractivity contribution < 1.29 is 0 Å². The lowest BCUT2D eigenvalue weighted by Gasteiger charge is -2.12. The van der Waals surface area contributed by atoms with Crippen molar-refractivity contribution in [2.45, 2.75) is 26.2 Å². The first-order valence-corrected chi connectivity index (χ1v) is 8.65. The molecule has 0 saturated carbocycles. The van der Waals surface area contributed by atoms with Gasteiger partial charge in [0, 0.05) is 18.5 Å². The maximum absolute atomic E-state index is 4.67. The van der Waals surface area contributed by atoms with E-state index in [9.17, 15) is 0 Å². The lowest BCUT2D eigenvalue weighted by atomic mass is 10.1. The molecule has 2 N–H and O–H groups in total. The van der Waals surface area contributed by atoms with Gasteiger partial charge in [0.2, 0.25) is 5.95 Å².